The average molecular weight is 675 g/mol. The van der Waals surface area contributed by atoms with Crippen LogP contribution in [-0.2, 0) is 10.0 Å². The number of fused-ring (bicyclic) bond motifs is 5. The normalized spacial score (nSPS) is 30.4. The first-order valence-corrected chi connectivity index (χ1v) is 18.1. The van der Waals surface area contributed by atoms with Gasteiger partial charge >= 0.3 is 6.01 Å². The number of nitrogens with one attached hydrogen (secondary N) is 1. The van der Waals surface area contributed by atoms with Gasteiger partial charge in [-0.2, -0.15) is 9.97 Å². The highest BCUT2D eigenvalue weighted by Crippen LogP contribution is 2.51. The molecule has 1 saturated carbocycles. The van der Waals surface area contributed by atoms with Crippen LogP contribution in [0.2, 0.25) is 0 Å². The molecule has 3 N–H and O–H groups in total. The molecule has 0 amide bonds. The van der Waals surface area contributed by atoms with Crippen molar-refractivity contribution in [2.75, 3.05) is 43.4 Å². The van der Waals surface area contributed by atoms with Gasteiger partial charge in [-0.3, -0.25) is 9.21 Å². The number of aromatic nitrogens is 3. The van der Waals surface area contributed by atoms with Crippen LogP contribution < -0.4 is 20.7 Å². The second-order valence-electron chi connectivity index (χ2n) is 13.4. The summed E-state index contributed by atoms with van der Waals surface area (Å²) in [6.07, 6.45) is 4.00. The molecule has 4 atom stereocenters. The largest absolute Gasteiger partial charge is 0.461 e. The predicted octanol–water partition coefficient (Wildman–Crippen LogP) is 3.67. The van der Waals surface area contributed by atoms with Gasteiger partial charge in [0.2, 0.25) is 0 Å². The molecule has 5 fully saturated rings. The van der Waals surface area contributed by atoms with Crippen molar-refractivity contribution in [3.63, 3.8) is 0 Å². The third-order valence-electron chi connectivity index (χ3n) is 10.4. The quantitative estimate of drug-likeness (QED) is 0.400. The molecule has 244 valence electrons. The van der Waals surface area contributed by atoms with Gasteiger partial charge in [0.25, 0.3) is 10.0 Å². The molecule has 0 radical (unpaired) electrons. The maximum absolute atomic E-state index is 17.2. The van der Waals surface area contributed by atoms with Crippen molar-refractivity contribution in [3.8, 4) is 6.01 Å². The number of sulfonamides is 1. The molecule has 11 nitrogen and oxygen atoms in total. The number of ether oxygens (including phenoxy) is 1. The number of nitrogens with two attached hydrogens (primary N) is 1. The van der Waals surface area contributed by atoms with Crippen molar-refractivity contribution in [2.45, 2.75) is 79.7 Å². The van der Waals surface area contributed by atoms with Crippen LogP contribution in [0.3, 0.4) is 0 Å². The van der Waals surface area contributed by atoms with E-state index < -0.39 is 45.1 Å². The first-order chi connectivity index (χ1) is 22.1. The monoisotopic (exact) mass is 674 g/mol. The van der Waals surface area contributed by atoms with E-state index in [1.807, 2.05) is 4.90 Å². The van der Waals surface area contributed by atoms with Crippen LogP contribution in [0.1, 0.15) is 56.2 Å². The number of nitrogens with zero attached hydrogens (tertiary/aromatic N) is 6. The Balaban J connectivity index is 1.23. The van der Waals surface area contributed by atoms with Crippen molar-refractivity contribution in [2.24, 2.45) is 0 Å². The molecule has 3 aromatic rings. The van der Waals surface area contributed by atoms with Crippen molar-refractivity contribution in [3.05, 3.63) is 29.2 Å². The zero-order chi connectivity index (χ0) is 31.5. The highest BCUT2D eigenvalue weighted by molar-refractivity contribution is 7.89. The van der Waals surface area contributed by atoms with Gasteiger partial charge in [-0.05, 0) is 57.2 Å². The molecule has 6 aliphatic rings. The lowest BCUT2D eigenvalue weighted by molar-refractivity contribution is 0.107. The second kappa shape index (κ2) is 10.1. The summed E-state index contributed by atoms with van der Waals surface area (Å²) in [6.45, 7) is 2.20. The lowest BCUT2D eigenvalue weighted by atomic mass is 9.95. The summed E-state index contributed by atoms with van der Waals surface area (Å²) in [5.41, 5.74) is 5.00. The Kier molecular flexibility index (Phi) is 6.39. The molecule has 4 saturated heterocycles. The fourth-order valence-corrected chi connectivity index (χ4v) is 11.0. The molecule has 16 heteroatoms. The maximum atomic E-state index is 17.2. The smallest absolute Gasteiger partial charge is 0.319 e. The average Bonchev–Trinajstić information content (AvgIpc) is 3.34. The summed E-state index contributed by atoms with van der Waals surface area (Å²) in [5, 5.41) is 3.63. The van der Waals surface area contributed by atoms with Gasteiger partial charge in [0.05, 0.1) is 21.5 Å². The Morgan fingerprint density at radius 2 is 1.87 bits per heavy atom. The van der Waals surface area contributed by atoms with Crippen molar-refractivity contribution in [1.82, 2.24) is 29.5 Å². The van der Waals surface area contributed by atoms with E-state index in [0.717, 1.165) is 47.9 Å². The Hall–Kier alpha value is -3.21. The van der Waals surface area contributed by atoms with Crippen LogP contribution >= 0.6 is 11.3 Å². The van der Waals surface area contributed by atoms with Crippen molar-refractivity contribution < 1.29 is 26.3 Å². The Labute approximate surface area is 267 Å². The standard InChI is InChI=1S/C30H33F3N8O3S2/c31-15-10-30(8-1-9-40(30)11-15)14-44-29-37-23-21(33)24(19-6-7-20(32)25-22(19)36-28(34)45-25)41(18-4-5-18)46(42,43)26(23)27(38-29)39-12-16-2-3-17(13-39)35-16/h6-7,15-18,35H,1-5,8-14H2,(H2,34,36)/t15-,16?,17?,30+/m1/s1. The fraction of sp³-hybridized carbons (Fsp3) is 0.567. The summed E-state index contributed by atoms with van der Waals surface area (Å²) >= 11 is 0.914. The molecular formula is C30H33F3N8O3S2. The molecule has 7 heterocycles. The molecule has 0 spiro atoms. The van der Waals surface area contributed by atoms with E-state index in [1.165, 1.54) is 12.1 Å². The fourth-order valence-electron chi connectivity index (χ4n) is 8.24. The number of anilines is 2. The highest BCUT2D eigenvalue weighted by atomic mass is 32.2. The van der Waals surface area contributed by atoms with Crippen LogP contribution in [0.5, 0.6) is 6.01 Å². The molecule has 46 heavy (non-hydrogen) atoms. The molecule has 5 aliphatic heterocycles. The molecule has 2 unspecified atom stereocenters. The number of hydrogen-bond acceptors (Lipinski definition) is 11. The van der Waals surface area contributed by atoms with Crippen LogP contribution in [0.15, 0.2) is 17.0 Å². The SMILES string of the molecule is Nc1nc2c(C3=C(F)c4nc(OC[C@@]56CCCN5C[C@H](F)C6)nc(N5CC6CCC(C5)N6)c4S(=O)(=O)N3C3CC3)ccc(F)c2s1. The maximum Gasteiger partial charge on any atom is 0.319 e. The summed E-state index contributed by atoms with van der Waals surface area (Å²) in [7, 11) is -4.40. The van der Waals surface area contributed by atoms with E-state index in [4.69, 9.17) is 10.5 Å². The summed E-state index contributed by atoms with van der Waals surface area (Å²) in [6, 6.07) is 2.16. The first kappa shape index (κ1) is 29.0. The molecule has 1 aromatic carbocycles. The van der Waals surface area contributed by atoms with Crippen LogP contribution in [0.4, 0.5) is 24.1 Å². The molecule has 1 aliphatic carbocycles. The summed E-state index contributed by atoms with van der Waals surface area (Å²) in [4.78, 5) is 17.1. The van der Waals surface area contributed by atoms with Crippen molar-refractivity contribution in [1.29, 1.82) is 0 Å². The Bertz CT molecular complexity index is 1910. The number of halogens is 3. The minimum atomic E-state index is -4.40. The van der Waals surface area contributed by atoms with Gasteiger partial charge in [-0.1, -0.05) is 11.3 Å². The van der Waals surface area contributed by atoms with E-state index in [0.29, 0.717) is 38.9 Å². The number of benzene rings is 1. The highest BCUT2D eigenvalue weighted by Gasteiger charge is 2.52. The third kappa shape index (κ3) is 4.35. The molecule has 9 rings (SSSR count). The zero-order valence-corrected chi connectivity index (χ0v) is 26.5. The molecular weight excluding hydrogens is 642 g/mol. The van der Waals surface area contributed by atoms with E-state index >= 15 is 4.39 Å². The van der Waals surface area contributed by atoms with Gasteiger partial charge < -0.3 is 20.7 Å². The van der Waals surface area contributed by atoms with Crippen LogP contribution in [0, 0.1) is 5.82 Å². The number of piperazine rings is 1. The molecule has 2 aromatic heterocycles. The number of hydrogen-bond donors (Lipinski definition) is 2. The van der Waals surface area contributed by atoms with Gasteiger partial charge in [-0.15, -0.1) is 0 Å². The Morgan fingerprint density at radius 1 is 1.09 bits per heavy atom. The second-order valence-corrected chi connectivity index (χ2v) is 16.2. The van der Waals surface area contributed by atoms with Gasteiger partial charge in [0, 0.05) is 49.7 Å². The van der Waals surface area contributed by atoms with Gasteiger partial charge in [0.1, 0.15) is 24.3 Å². The first-order valence-electron chi connectivity index (χ1n) is 15.9. The lowest BCUT2D eigenvalue weighted by Crippen LogP contribution is -2.52. The number of nitrogen functional groups attached to an aromatic ring is 1. The molecule has 2 bridgehead atoms. The minimum Gasteiger partial charge on any atom is -0.461 e. The van der Waals surface area contributed by atoms with E-state index in [-0.39, 0.29) is 62.0 Å². The van der Waals surface area contributed by atoms with Gasteiger partial charge in [-0.25, -0.2) is 26.6 Å². The minimum absolute atomic E-state index is 0.0794. The number of thiazole rings is 1. The van der Waals surface area contributed by atoms with E-state index in [1.54, 1.807) is 0 Å². The van der Waals surface area contributed by atoms with Gasteiger partial charge in [0.15, 0.2) is 21.7 Å². The van der Waals surface area contributed by atoms with Crippen LogP contribution in [0.25, 0.3) is 21.7 Å². The van der Waals surface area contributed by atoms with E-state index in [2.05, 4.69) is 25.2 Å². The number of alkyl halides is 1. The zero-order valence-electron chi connectivity index (χ0n) is 24.9. The summed E-state index contributed by atoms with van der Waals surface area (Å²) < 4.78 is 83.4. The van der Waals surface area contributed by atoms with Crippen molar-refractivity contribution >= 4 is 54.1 Å². The van der Waals surface area contributed by atoms with Crippen LogP contribution in [-0.4, -0.2) is 95.2 Å². The Morgan fingerprint density at radius 3 is 2.63 bits per heavy atom. The van der Waals surface area contributed by atoms with E-state index in [9.17, 15) is 17.2 Å². The lowest BCUT2D eigenvalue weighted by Gasteiger charge is -2.38. The predicted molar refractivity (Wildman–Crippen MR) is 167 cm³/mol. The topological polar surface area (TPSA) is 130 Å². The number of rotatable bonds is 6. The summed E-state index contributed by atoms with van der Waals surface area (Å²) in [5.74, 6) is -1.36. The third-order valence-corrected chi connectivity index (χ3v) is 13.2.